The molecule has 0 bridgehead atoms. The molecule has 0 fully saturated rings. The van der Waals surface area contributed by atoms with Crippen LogP contribution in [0.2, 0.25) is 0 Å². The van der Waals surface area contributed by atoms with Crippen molar-refractivity contribution in [2.45, 2.75) is 26.9 Å². The molecule has 1 heterocycles. The second-order valence-electron chi connectivity index (χ2n) is 4.61. The zero-order chi connectivity index (χ0) is 16.7. The van der Waals surface area contributed by atoms with Crippen LogP contribution in [0, 0.1) is 0 Å². The van der Waals surface area contributed by atoms with E-state index >= 15 is 0 Å². The second kappa shape index (κ2) is 8.19. The van der Waals surface area contributed by atoms with Crippen molar-refractivity contribution in [3.63, 3.8) is 0 Å². The van der Waals surface area contributed by atoms with E-state index in [9.17, 15) is 9.59 Å². The van der Waals surface area contributed by atoms with Gasteiger partial charge in [0.15, 0.2) is 5.01 Å². The Hall–Kier alpha value is -2.54. The third kappa shape index (κ3) is 5.00. The first-order valence-corrected chi connectivity index (χ1v) is 7.96. The van der Waals surface area contributed by atoms with Crippen LogP contribution in [0.15, 0.2) is 36.4 Å². The molecular weight excluding hydrogens is 314 g/mol. The largest absolute Gasteiger partial charge is 0.455 e. The lowest BCUT2D eigenvalue weighted by Gasteiger charge is -2.03. The van der Waals surface area contributed by atoms with E-state index in [0.29, 0.717) is 10.7 Å². The Balaban J connectivity index is 1.93. The lowest BCUT2D eigenvalue weighted by atomic mass is 10.1. The van der Waals surface area contributed by atoms with Gasteiger partial charge < -0.3 is 10.1 Å². The lowest BCUT2D eigenvalue weighted by molar-refractivity contribution is -0.139. The van der Waals surface area contributed by atoms with Gasteiger partial charge >= 0.3 is 5.97 Å². The quantitative estimate of drug-likeness (QED) is 0.650. The van der Waals surface area contributed by atoms with Crippen molar-refractivity contribution in [3.8, 4) is 0 Å². The summed E-state index contributed by atoms with van der Waals surface area (Å²) < 4.78 is 4.96. The number of hydrogen-bond donors (Lipinski definition) is 1. The van der Waals surface area contributed by atoms with Gasteiger partial charge in [-0.25, -0.2) is 4.79 Å². The highest BCUT2D eigenvalue weighted by Gasteiger charge is 2.14. The van der Waals surface area contributed by atoms with Gasteiger partial charge in [0.25, 0.3) is 5.91 Å². The minimum Gasteiger partial charge on any atom is -0.455 e. The van der Waals surface area contributed by atoms with Gasteiger partial charge in [-0.1, -0.05) is 36.5 Å². The van der Waals surface area contributed by atoms with Crippen LogP contribution in [0.1, 0.15) is 34.2 Å². The van der Waals surface area contributed by atoms with Gasteiger partial charge in [-0.05, 0) is 31.0 Å². The van der Waals surface area contributed by atoms with E-state index in [4.69, 9.17) is 4.74 Å². The highest BCUT2D eigenvalue weighted by atomic mass is 32.1. The highest BCUT2D eigenvalue weighted by molar-refractivity contribution is 7.13. The maximum Gasteiger partial charge on any atom is 0.330 e. The standard InChI is InChI=1S/C16H17N3O3S/c1-3-5-14(20)22-10-13-18-19-16(23-13)15(21)17-12-8-6-11(4-2)7-9-12/h3,5-9H,4,10H2,1-2H3,(H,17,21)/b5-3-. The zero-order valence-corrected chi connectivity index (χ0v) is 13.7. The molecule has 0 aliphatic carbocycles. The fraction of sp³-hybridized carbons (Fsp3) is 0.250. The molecule has 0 saturated carbocycles. The summed E-state index contributed by atoms with van der Waals surface area (Å²) in [5.41, 5.74) is 1.90. The molecule has 1 aromatic carbocycles. The highest BCUT2D eigenvalue weighted by Crippen LogP contribution is 2.15. The molecule has 2 rings (SSSR count). The van der Waals surface area contributed by atoms with Gasteiger partial charge in [-0.15, -0.1) is 10.2 Å². The molecule has 0 radical (unpaired) electrons. The van der Waals surface area contributed by atoms with Crippen LogP contribution in [0.3, 0.4) is 0 Å². The number of nitrogens with one attached hydrogen (secondary N) is 1. The van der Waals surface area contributed by atoms with Crippen LogP contribution in [-0.2, 0) is 22.6 Å². The van der Waals surface area contributed by atoms with Crippen LogP contribution >= 0.6 is 11.3 Å². The summed E-state index contributed by atoms with van der Waals surface area (Å²) >= 11 is 1.09. The molecule has 0 aliphatic heterocycles. The zero-order valence-electron chi connectivity index (χ0n) is 12.9. The first-order chi connectivity index (χ1) is 11.1. The Morgan fingerprint density at radius 3 is 2.65 bits per heavy atom. The SMILES string of the molecule is C/C=C\C(=O)OCc1nnc(C(=O)Nc2ccc(CC)cc2)s1. The number of ether oxygens (including phenoxy) is 1. The van der Waals surface area contributed by atoms with Crippen molar-refractivity contribution in [1.29, 1.82) is 0 Å². The van der Waals surface area contributed by atoms with Gasteiger partial charge in [0, 0.05) is 11.8 Å². The number of carbonyl (C=O) groups excluding carboxylic acids is 2. The van der Waals surface area contributed by atoms with Crippen molar-refractivity contribution in [3.05, 3.63) is 52.0 Å². The number of benzene rings is 1. The van der Waals surface area contributed by atoms with Crippen molar-refractivity contribution in [1.82, 2.24) is 10.2 Å². The third-order valence-corrected chi connectivity index (χ3v) is 3.82. The third-order valence-electron chi connectivity index (χ3n) is 2.92. The average molecular weight is 331 g/mol. The number of rotatable bonds is 6. The van der Waals surface area contributed by atoms with Gasteiger partial charge in [-0.2, -0.15) is 0 Å². The molecule has 23 heavy (non-hydrogen) atoms. The Kier molecular flexibility index (Phi) is 5.99. The lowest BCUT2D eigenvalue weighted by Crippen LogP contribution is -2.11. The molecule has 1 aromatic heterocycles. The first kappa shape index (κ1) is 16.8. The molecule has 1 N–H and O–H groups in total. The Morgan fingerprint density at radius 1 is 1.26 bits per heavy atom. The van der Waals surface area contributed by atoms with Crippen molar-refractivity contribution >= 4 is 28.9 Å². The van der Waals surface area contributed by atoms with E-state index in [0.717, 1.165) is 17.8 Å². The maximum absolute atomic E-state index is 12.1. The normalized spacial score (nSPS) is 10.7. The molecular formula is C16H17N3O3S. The van der Waals surface area contributed by atoms with Crippen molar-refractivity contribution < 1.29 is 14.3 Å². The molecule has 0 spiro atoms. The van der Waals surface area contributed by atoms with Crippen LogP contribution in [0.25, 0.3) is 0 Å². The van der Waals surface area contributed by atoms with E-state index in [1.807, 2.05) is 24.3 Å². The van der Waals surface area contributed by atoms with E-state index in [-0.39, 0.29) is 17.5 Å². The van der Waals surface area contributed by atoms with E-state index < -0.39 is 5.97 Å². The molecule has 1 amide bonds. The Labute approximate surface area is 138 Å². The van der Waals surface area contributed by atoms with E-state index in [1.54, 1.807) is 13.0 Å². The first-order valence-electron chi connectivity index (χ1n) is 7.14. The van der Waals surface area contributed by atoms with E-state index in [2.05, 4.69) is 22.4 Å². The van der Waals surface area contributed by atoms with E-state index in [1.165, 1.54) is 11.6 Å². The van der Waals surface area contributed by atoms with Crippen LogP contribution < -0.4 is 5.32 Å². The predicted octanol–water partition coefficient (Wildman–Crippen LogP) is 2.97. The minimum atomic E-state index is -0.454. The second-order valence-corrected chi connectivity index (χ2v) is 5.68. The number of aryl methyl sites for hydroxylation is 1. The van der Waals surface area contributed by atoms with Crippen LogP contribution in [0.5, 0.6) is 0 Å². The summed E-state index contributed by atoms with van der Waals surface area (Å²) in [6.45, 7) is 3.79. The smallest absolute Gasteiger partial charge is 0.330 e. The van der Waals surface area contributed by atoms with Gasteiger partial charge in [0.1, 0.15) is 6.61 Å². The summed E-state index contributed by atoms with van der Waals surface area (Å²) in [7, 11) is 0. The summed E-state index contributed by atoms with van der Waals surface area (Å²) in [4.78, 5) is 23.3. The summed E-state index contributed by atoms with van der Waals surface area (Å²) in [6.07, 6.45) is 3.85. The molecule has 6 nitrogen and oxygen atoms in total. The van der Waals surface area contributed by atoms with Gasteiger partial charge in [-0.3, -0.25) is 4.79 Å². The topological polar surface area (TPSA) is 81.2 Å². The van der Waals surface area contributed by atoms with Crippen LogP contribution in [-0.4, -0.2) is 22.1 Å². The van der Waals surface area contributed by atoms with Gasteiger partial charge in [0.05, 0.1) is 0 Å². The number of allylic oxidation sites excluding steroid dienone is 1. The number of esters is 1. The molecule has 7 heteroatoms. The number of amides is 1. The maximum atomic E-state index is 12.1. The minimum absolute atomic E-state index is 0.000678. The number of anilines is 1. The van der Waals surface area contributed by atoms with Gasteiger partial charge in [0.2, 0.25) is 5.01 Å². The summed E-state index contributed by atoms with van der Waals surface area (Å²) in [5.74, 6) is -0.789. The number of carbonyl (C=O) groups is 2. The molecule has 0 unspecified atom stereocenters. The molecule has 0 saturated heterocycles. The molecule has 0 aliphatic rings. The Morgan fingerprint density at radius 2 is 2.00 bits per heavy atom. The number of aromatic nitrogens is 2. The fourth-order valence-corrected chi connectivity index (χ4v) is 2.38. The predicted molar refractivity (Wildman–Crippen MR) is 88.3 cm³/mol. The molecule has 120 valence electrons. The number of hydrogen-bond acceptors (Lipinski definition) is 6. The monoisotopic (exact) mass is 331 g/mol. The Bertz CT molecular complexity index is 708. The summed E-state index contributed by atoms with van der Waals surface area (Å²) in [6, 6.07) is 7.61. The summed E-state index contributed by atoms with van der Waals surface area (Å²) in [5, 5.41) is 11.1. The molecule has 2 aromatic rings. The van der Waals surface area contributed by atoms with Crippen LogP contribution in [0.4, 0.5) is 5.69 Å². The fourth-order valence-electron chi connectivity index (χ4n) is 1.73. The van der Waals surface area contributed by atoms with Crippen molar-refractivity contribution in [2.24, 2.45) is 0 Å². The van der Waals surface area contributed by atoms with Crippen molar-refractivity contribution in [2.75, 3.05) is 5.32 Å². The number of nitrogens with zero attached hydrogens (tertiary/aromatic N) is 2. The molecule has 0 atom stereocenters. The average Bonchev–Trinajstić information content (AvgIpc) is 3.03.